The summed E-state index contributed by atoms with van der Waals surface area (Å²) in [5.41, 5.74) is 2.24. The quantitative estimate of drug-likeness (QED) is 0.851. The molecule has 1 heterocycles. The maximum absolute atomic E-state index is 11.9. The highest BCUT2D eigenvalue weighted by atomic mass is 16.7. The summed E-state index contributed by atoms with van der Waals surface area (Å²) in [6, 6.07) is 12.5. The van der Waals surface area contributed by atoms with Crippen LogP contribution in [0.25, 0.3) is 6.08 Å². The lowest BCUT2D eigenvalue weighted by molar-refractivity contribution is -0.111. The molecule has 3 rings (SSSR count). The van der Waals surface area contributed by atoms with E-state index in [2.05, 4.69) is 5.32 Å². The van der Waals surface area contributed by atoms with Crippen molar-refractivity contribution >= 4 is 17.7 Å². The second-order valence-corrected chi connectivity index (χ2v) is 4.79. The molecule has 0 radical (unpaired) electrons. The predicted molar refractivity (Wildman–Crippen MR) is 82.6 cm³/mol. The van der Waals surface area contributed by atoms with Crippen LogP contribution in [0.1, 0.15) is 11.1 Å². The Morgan fingerprint density at radius 1 is 1.18 bits per heavy atom. The zero-order valence-electron chi connectivity index (χ0n) is 11.8. The number of amides is 1. The van der Waals surface area contributed by atoms with Gasteiger partial charge in [0, 0.05) is 11.8 Å². The molecule has 5 heteroatoms. The van der Waals surface area contributed by atoms with Gasteiger partial charge in [0.05, 0.1) is 6.61 Å². The van der Waals surface area contributed by atoms with Crippen molar-refractivity contribution in [2.24, 2.45) is 0 Å². The number of carbonyl (C=O) groups excluding carboxylic acids is 1. The van der Waals surface area contributed by atoms with Crippen LogP contribution in [0, 0.1) is 0 Å². The van der Waals surface area contributed by atoms with Crippen molar-refractivity contribution in [2.45, 2.75) is 6.61 Å². The molecular formula is C17H15NO4. The highest BCUT2D eigenvalue weighted by Crippen LogP contribution is 2.32. The Bertz CT molecular complexity index is 724. The Kier molecular flexibility index (Phi) is 4.07. The van der Waals surface area contributed by atoms with E-state index in [0.717, 1.165) is 11.1 Å². The number of rotatable bonds is 4. The van der Waals surface area contributed by atoms with E-state index in [1.807, 2.05) is 18.2 Å². The summed E-state index contributed by atoms with van der Waals surface area (Å²) in [4.78, 5) is 11.9. The summed E-state index contributed by atoms with van der Waals surface area (Å²) in [6.45, 7) is 0.168. The summed E-state index contributed by atoms with van der Waals surface area (Å²) in [6.07, 6.45) is 3.15. The van der Waals surface area contributed by atoms with Crippen molar-refractivity contribution in [1.29, 1.82) is 0 Å². The smallest absolute Gasteiger partial charge is 0.248 e. The van der Waals surface area contributed by atoms with E-state index in [1.54, 1.807) is 30.3 Å². The molecule has 1 aliphatic heterocycles. The fraction of sp³-hybridized carbons (Fsp3) is 0.118. The van der Waals surface area contributed by atoms with Crippen LogP contribution in [0.15, 0.2) is 48.5 Å². The molecule has 5 nitrogen and oxygen atoms in total. The summed E-state index contributed by atoms with van der Waals surface area (Å²) in [5, 5.41) is 11.8. The number of fused-ring (bicyclic) bond motifs is 1. The lowest BCUT2D eigenvalue weighted by atomic mass is 10.2. The van der Waals surface area contributed by atoms with Crippen LogP contribution in [0.2, 0.25) is 0 Å². The third-order valence-electron chi connectivity index (χ3n) is 3.20. The molecule has 0 aliphatic carbocycles. The number of nitrogens with one attached hydrogen (secondary N) is 1. The van der Waals surface area contributed by atoms with E-state index in [4.69, 9.17) is 14.6 Å². The first-order valence-corrected chi connectivity index (χ1v) is 6.83. The van der Waals surface area contributed by atoms with Crippen LogP contribution >= 0.6 is 0 Å². The lowest BCUT2D eigenvalue weighted by Crippen LogP contribution is -2.07. The van der Waals surface area contributed by atoms with E-state index < -0.39 is 0 Å². The first-order chi connectivity index (χ1) is 10.7. The van der Waals surface area contributed by atoms with Gasteiger partial charge >= 0.3 is 0 Å². The van der Waals surface area contributed by atoms with E-state index in [1.165, 1.54) is 6.08 Å². The number of hydrogen-bond acceptors (Lipinski definition) is 4. The lowest BCUT2D eigenvalue weighted by Gasteiger charge is -2.04. The maximum Gasteiger partial charge on any atom is 0.248 e. The molecule has 22 heavy (non-hydrogen) atoms. The van der Waals surface area contributed by atoms with Crippen molar-refractivity contribution < 1.29 is 19.4 Å². The van der Waals surface area contributed by atoms with Gasteiger partial charge in [-0.25, -0.2) is 0 Å². The molecule has 0 bridgehead atoms. The molecule has 1 amide bonds. The molecule has 1 aliphatic rings. The number of aliphatic hydroxyl groups excluding tert-OH is 1. The van der Waals surface area contributed by atoms with E-state index in [0.29, 0.717) is 17.2 Å². The third kappa shape index (κ3) is 3.27. The number of hydrogen-bond donors (Lipinski definition) is 2. The fourth-order valence-corrected chi connectivity index (χ4v) is 2.12. The largest absolute Gasteiger partial charge is 0.454 e. The maximum atomic E-state index is 11.9. The number of anilines is 1. The monoisotopic (exact) mass is 297 g/mol. The molecule has 0 fully saturated rings. The fourth-order valence-electron chi connectivity index (χ4n) is 2.12. The van der Waals surface area contributed by atoms with E-state index in [-0.39, 0.29) is 19.3 Å². The second-order valence-electron chi connectivity index (χ2n) is 4.79. The van der Waals surface area contributed by atoms with Crippen molar-refractivity contribution in [3.63, 3.8) is 0 Å². The molecule has 0 aromatic heterocycles. The second kappa shape index (κ2) is 6.32. The Labute approximate surface area is 127 Å². The van der Waals surface area contributed by atoms with Gasteiger partial charge in [0.15, 0.2) is 11.5 Å². The summed E-state index contributed by atoms with van der Waals surface area (Å²) < 4.78 is 10.5. The van der Waals surface area contributed by atoms with Crippen molar-refractivity contribution in [3.8, 4) is 11.5 Å². The van der Waals surface area contributed by atoms with Gasteiger partial charge in [-0.3, -0.25) is 4.79 Å². The first-order valence-electron chi connectivity index (χ1n) is 6.83. The predicted octanol–water partition coefficient (Wildman–Crippen LogP) is 2.56. The summed E-state index contributed by atoms with van der Waals surface area (Å²) in [7, 11) is 0. The Hall–Kier alpha value is -2.79. The summed E-state index contributed by atoms with van der Waals surface area (Å²) in [5.74, 6) is 1.15. The van der Waals surface area contributed by atoms with Gasteiger partial charge in [-0.2, -0.15) is 0 Å². The zero-order chi connectivity index (χ0) is 15.4. The van der Waals surface area contributed by atoms with Gasteiger partial charge in [0.1, 0.15) is 0 Å². The number of benzene rings is 2. The number of ether oxygens (including phenoxy) is 2. The van der Waals surface area contributed by atoms with Crippen LogP contribution in [-0.2, 0) is 11.4 Å². The van der Waals surface area contributed by atoms with Crippen LogP contribution in [0.5, 0.6) is 11.5 Å². The zero-order valence-corrected chi connectivity index (χ0v) is 11.8. The molecule has 112 valence electrons. The normalized spacial score (nSPS) is 12.6. The van der Waals surface area contributed by atoms with Crippen LogP contribution in [0.3, 0.4) is 0 Å². The third-order valence-corrected chi connectivity index (χ3v) is 3.20. The molecule has 0 saturated heterocycles. The average molecular weight is 297 g/mol. The minimum Gasteiger partial charge on any atom is -0.454 e. The van der Waals surface area contributed by atoms with Crippen molar-refractivity contribution in [2.75, 3.05) is 12.1 Å². The van der Waals surface area contributed by atoms with Gasteiger partial charge in [-0.05, 0) is 41.5 Å². The van der Waals surface area contributed by atoms with Crippen LogP contribution in [0.4, 0.5) is 5.69 Å². The molecule has 0 saturated carbocycles. The van der Waals surface area contributed by atoms with Gasteiger partial charge in [0.25, 0.3) is 0 Å². The molecule has 2 aromatic rings. The van der Waals surface area contributed by atoms with Crippen LogP contribution in [-0.4, -0.2) is 17.8 Å². The minimum atomic E-state index is -0.243. The van der Waals surface area contributed by atoms with Crippen molar-refractivity contribution in [1.82, 2.24) is 0 Å². The molecule has 0 unspecified atom stereocenters. The standard InChI is InChI=1S/C17H15NO4/c19-10-13-2-1-3-14(8-13)18-17(20)7-5-12-4-6-15-16(9-12)22-11-21-15/h1-9,19H,10-11H2,(H,18,20)/b7-5+. The average Bonchev–Trinajstić information content (AvgIpc) is 3.00. The topological polar surface area (TPSA) is 67.8 Å². The Balaban J connectivity index is 1.66. The van der Waals surface area contributed by atoms with Gasteiger partial charge < -0.3 is 19.9 Å². The molecule has 0 spiro atoms. The van der Waals surface area contributed by atoms with Gasteiger partial charge in [-0.15, -0.1) is 0 Å². The van der Waals surface area contributed by atoms with Gasteiger partial charge in [0.2, 0.25) is 12.7 Å². The van der Waals surface area contributed by atoms with Crippen molar-refractivity contribution in [3.05, 3.63) is 59.7 Å². The first kappa shape index (κ1) is 14.2. The highest BCUT2D eigenvalue weighted by molar-refractivity contribution is 6.02. The molecule has 2 aromatic carbocycles. The Morgan fingerprint density at radius 2 is 2.05 bits per heavy atom. The molecule has 0 atom stereocenters. The SMILES string of the molecule is O=C(/C=C/c1ccc2c(c1)OCO2)Nc1cccc(CO)c1. The summed E-state index contributed by atoms with van der Waals surface area (Å²) >= 11 is 0. The highest BCUT2D eigenvalue weighted by Gasteiger charge is 2.12. The van der Waals surface area contributed by atoms with E-state index >= 15 is 0 Å². The van der Waals surface area contributed by atoms with E-state index in [9.17, 15) is 4.79 Å². The number of aliphatic hydroxyl groups is 1. The Morgan fingerprint density at radius 3 is 2.91 bits per heavy atom. The van der Waals surface area contributed by atoms with Crippen LogP contribution < -0.4 is 14.8 Å². The van der Waals surface area contributed by atoms with Gasteiger partial charge in [-0.1, -0.05) is 18.2 Å². The minimum absolute atomic E-state index is 0.0588. The number of carbonyl (C=O) groups is 1. The molecule has 2 N–H and O–H groups in total. The molecular weight excluding hydrogens is 282 g/mol.